The van der Waals surface area contributed by atoms with Crippen LogP contribution in [0.15, 0.2) is 48.5 Å². The molecule has 2 heterocycles. The van der Waals surface area contributed by atoms with E-state index in [0.29, 0.717) is 23.5 Å². The summed E-state index contributed by atoms with van der Waals surface area (Å²) >= 11 is 1.52. The molecule has 6 nitrogen and oxygen atoms in total. The van der Waals surface area contributed by atoms with Crippen LogP contribution in [0.5, 0.6) is 0 Å². The molecule has 1 aliphatic heterocycles. The van der Waals surface area contributed by atoms with E-state index in [9.17, 15) is 13.6 Å². The van der Waals surface area contributed by atoms with E-state index in [-0.39, 0.29) is 29.5 Å². The summed E-state index contributed by atoms with van der Waals surface area (Å²) in [6, 6.07) is 12.2. The normalized spacial score (nSPS) is 16.7. The minimum absolute atomic E-state index is 0.0975. The van der Waals surface area contributed by atoms with Crippen LogP contribution in [0.2, 0.25) is 0 Å². The van der Waals surface area contributed by atoms with Crippen molar-refractivity contribution in [3.8, 4) is 11.4 Å². The van der Waals surface area contributed by atoms with Gasteiger partial charge in [0.2, 0.25) is 11.7 Å². The number of hydrogen-bond donors (Lipinski definition) is 0. The van der Waals surface area contributed by atoms with Crippen molar-refractivity contribution >= 4 is 17.7 Å². The molecule has 1 aliphatic rings. The second-order valence-corrected chi connectivity index (χ2v) is 7.17. The zero-order valence-corrected chi connectivity index (χ0v) is 14.9. The minimum Gasteiger partial charge on any atom is -0.324 e. The lowest BCUT2D eigenvalue weighted by molar-refractivity contribution is -0.132. The molecule has 1 fully saturated rings. The van der Waals surface area contributed by atoms with Gasteiger partial charge in [0, 0.05) is 23.4 Å². The van der Waals surface area contributed by atoms with Crippen LogP contribution in [0.1, 0.15) is 10.9 Å². The molecule has 1 aromatic heterocycles. The number of hydrogen-bond acceptors (Lipinski definition) is 5. The molecular formula is C18H15F2N5OS. The fraction of sp³-hybridized carbons (Fsp3) is 0.222. The highest BCUT2D eigenvalue weighted by molar-refractivity contribution is 7.99. The molecule has 2 aromatic carbocycles. The van der Waals surface area contributed by atoms with Gasteiger partial charge in [0.1, 0.15) is 23.6 Å². The second-order valence-electron chi connectivity index (χ2n) is 5.98. The van der Waals surface area contributed by atoms with E-state index in [1.54, 1.807) is 35.2 Å². The SMILES string of the molecule is O=C(Cn1nnc(-c2ccc(F)cc2)n1)N1CCS[C@H]1c1ccccc1F. The molecular weight excluding hydrogens is 372 g/mol. The van der Waals surface area contributed by atoms with Crippen molar-refractivity contribution in [3.05, 3.63) is 65.7 Å². The Kier molecular flexibility index (Phi) is 4.85. The number of rotatable bonds is 4. The van der Waals surface area contributed by atoms with Crippen molar-refractivity contribution in [2.75, 3.05) is 12.3 Å². The second kappa shape index (κ2) is 7.43. The summed E-state index contributed by atoms with van der Waals surface area (Å²) in [7, 11) is 0. The molecule has 1 atom stereocenters. The Morgan fingerprint density at radius 2 is 1.93 bits per heavy atom. The third kappa shape index (κ3) is 3.68. The van der Waals surface area contributed by atoms with Gasteiger partial charge in [-0.1, -0.05) is 18.2 Å². The average molecular weight is 387 g/mol. The number of amides is 1. The maximum Gasteiger partial charge on any atom is 0.247 e. The molecule has 4 rings (SSSR count). The van der Waals surface area contributed by atoms with Crippen LogP contribution >= 0.6 is 11.8 Å². The van der Waals surface area contributed by atoms with E-state index in [1.165, 1.54) is 34.8 Å². The molecule has 1 saturated heterocycles. The Bertz CT molecular complexity index is 962. The maximum atomic E-state index is 14.1. The van der Waals surface area contributed by atoms with Gasteiger partial charge in [0.15, 0.2) is 0 Å². The lowest BCUT2D eigenvalue weighted by atomic mass is 10.2. The van der Waals surface area contributed by atoms with E-state index in [1.807, 2.05) is 0 Å². The van der Waals surface area contributed by atoms with Crippen molar-refractivity contribution in [1.82, 2.24) is 25.1 Å². The molecule has 0 N–H and O–H groups in total. The predicted octanol–water partition coefficient (Wildman–Crippen LogP) is 2.89. The predicted molar refractivity (Wildman–Crippen MR) is 96.5 cm³/mol. The lowest BCUT2D eigenvalue weighted by Gasteiger charge is -2.24. The highest BCUT2D eigenvalue weighted by Gasteiger charge is 2.32. The van der Waals surface area contributed by atoms with Crippen LogP contribution in [0, 0.1) is 11.6 Å². The summed E-state index contributed by atoms with van der Waals surface area (Å²) in [6.07, 6.45) is 0. The fourth-order valence-corrected chi connectivity index (χ4v) is 4.19. The number of tetrazole rings is 1. The highest BCUT2D eigenvalue weighted by atomic mass is 32.2. The van der Waals surface area contributed by atoms with Crippen molar-refractivity contribution < 1.29 is 13.6 Å². The molecule has 0 unspecified atom stereocenters. The zero-order chi connectivity index (χ0) is 18.8. The first-order chi connectivity index (χ1) is 13.1. The van der Waals surface area contributed by atoms with Gasteiger partial charge in [-0.2, -0.15) is 4.80 Å². The number of halogens is 2. The lowest BCUT2D eigenvalue weighted by Crippen LogP contribution is -2.34. The average Bonchev–Trinajstić information content (AvgIpc) is 3.32. The van der Waals surface area contributed by atoms with Gasteiger partial charge in [-0.3, -0.25) is 4.79 Å². The largest absolute Gasteiger partial charge is 0.324 e. The third-order valence-corrected chi connectivity index (χ3v) is 5.46. The highest BCUT2D eigenvalue weighted by Crippen LogP contribution is 2.38. The smallest absolute Gasteiger partial charge is 0.247 e. The van der Waals surface area contributed by atoms with Gasteiger partial charge in [-0.25, -0.2) is 8.78 Å². The number of carbonyl (C=O) groups is 1. The van der Waals surface area contributed by atoms with Gasteiger partial charge in [-0.05, 0) is 35.5 Å². The van der Waals surface area contributed by atoms with Crippen LogP contribution < -0.4 is 0 Å². The fourth-order valence-electron chi connectivity index (χ4n) is 2.89. The Morgan fingerprint density at radius 1 is 1.15 bits per heavy atom. The number of thioether (sulfide) groups is 1. The monoisotopic (exact) mass is 387 g/mol. The zero-order valence-electron chi connectivity index (χ0n) is 14.1. The Morgan fingerprint density at radius 3 is 2.70 bits per heavy atom. The summed E-state index contributed by atoms with van der Waals surface area (Å²) in [5, 5.41) is 11.6. The molecule has 0 bridgehead atoms. The summed E-state index contributed by atoms with van der Waals surface area (Å²) in [6.45, 7) is 0.432. The number of carbonyl (C=O) groups excluding carboxylic acids is 1. The van der Waals surface area contributed by atoms with E-state index in [4.69, 9.17) is 0 Å². The Balaban J connectivity index is 1.49. The van der Waals surface area contributed by atoms with Crippen LogP contribution in [-0.2, 0) is 11.3 Å². The van der Waals surface area contributed by atoms with Crippen LogP contribution in [-0.4, -0.2) is 43.3 Å². The first-order valence-electron chi connectivity index (χ1n) is 8.31. The first-order valence-corrected chi connectivity index (χ1v) is 9.36. The maximum absolute atomic E-state index is 14.1. The van der Waals surface area contributed by atoms with Gasteiger partial charge in [0.05, 0.1) is 0 Å². The molecule has 0 spiro atoms. The van der Waals surface area contributed by atoms with Crippen molar-refractivity contribution in [3.63, 3.8) is 0 Å². The van der Waals surface area contributed by atoms with Crippen molar-refractivity contribution in [2.45, 2.75) is 11.9 Å². The Labute approximate surface area is 158 Å². The number of nitrogens with zero attached hydrogens (tertiary/aromatic N) is 5. The topological polar surface area (TPSA) is 63.9 Å². The molecule has 27 heavy (non-hydrogen) atoms. The molecule has 138 valence electrons. The van der Waals surface area contributed by atoms with Crippen LogP contribution in [0.4, 0.5) is 8.78 Å². The number of aromatic nitrogens is 4. The van der Waals surface area contributed by atoms with E-state index in [2.05, 4.69) is 15.4 Å². The van der Waals surface area contributed by atoms with Gasteiger partial charge in [-0.15, -0.1) is 22.0 Å². The summed E-state index contributed by atoms with van der Waals surface area (Å²) in [5.41, 5.74) is 1.10. The Hall–Kier alpha value is -2.81. The third-order valence-electron chi connectivity index (χ3n) is 4.21. The molecule has 3 aromatic rings. The molecule has 0 aliphatic carbocycles. The quantitative estimate of drug-likeness (QED) is 0.689. The molecule has 9 heteroatoms. The first kappa shape index (κ1) is 17.6. The van der Waals surface area contributed by atoms with Gasteiger partial charge < -0.3 is 4.90 Å². The summed E-state index contributed by atoms with van der Waals surface area (Å²) < 4.78 is 27.1. The van der Waals surface area contributed by atoms with Crippen molar-refractivity contribution in [1.29, 1.82) is 0 Å². The summed E-state index contributed by atoms with van der Waals surface area (Å²) in [5.74, 6) is 0.149. The molecule has 1 amide bonds. The van der Waals surface area contributed by atoms with Crippen LogP contribution in [0.3, 0.4) is 0 Å². The molecule has 0 radical (unpaired) electrons. The van der Waals surface area contributed by atoms with Crippen molar-refractivity contribution in [2.24, 2.45) is 0 Å². The van der Waals surface area contributed by atoms with Gasteiger partial charge in [0.25, 0.3) is 0 Å². The van der Waals surface area contributed by atoms with E-state index < -0.39 is 0 Å². The van der Waals surface area contributed by atoms with Crippen LogP contribution in [0.25, 0.3) is 11.4 Å². The van der Waals surface area contributed by atoms with Gasteiger partial charge >= 0.3 is 0 Å². The van der Waals surface area contributed by atoms with E-state index >= 15 is 0 Å². The standard InChI is InChI=1S/C18H15F2N5OS/c19-13-7-5-12(6-8-13)17-21-23-25(22-17)11-16(26)24-9-10-27-18(24)14-3-1-2-4-15(14)20/h1-8,18H,9-11H2/t18-/m0/s1. The summed E-state index contributed by atoms with van der Waals surface area (Å²) in [4.78, 5) is 15.5. The minimum atomic E-state index is -0.362. The van der Waals surface area contributed by atoms with E-state index in [0.717, 1.165) is 5.75 Å². The molecule has 0 saturated carbocycles. The number of benzene rings is 2.